The van der Waals surface area contributed by atoms with Gasteiger partial charge in [-0.1, -0.05) is 48.8 Å². The molecule has 0 fully saturated rings. The molecule has 0 unspecified atom stereocenters. The summed E-state index contributed by atoms with van der Waals surface area (Å²) in [6, 6.07) is 9.64. The quantitative estimate of drug-likeness (QED) is 0.533. The zero-order valence-corrected chi connectivity index (χ0v) is 17.3. The molecule has 1 aromatic carbocycles. The number of aromatic nitrogens is 2. The predicted molar refractivity (Wildman–Crippen MR) is 112 cm³/mol. The highest BCUT2D eigenvalue weighted by molar-refractivity contribution is 7.99. The molecule has 0 spiro atoms. The second kappa shape index (κ2) is 7.95. The van der Waals surface area contributed by atoms with E-state index >= 15 is 0 Å². The van der Waals surface area contributed by atoms with Gasteiger partial charge in [-0.25, -0.2) is 0 Å². The van der Waals surface area contributed by atoms with Crippen LogP contribution in [0, 0.1) is 6.92 Å². The molecule has 0 radical (unpaired) electrons. The molecule has 26 heavy (non-hydrogen) atoms. The Morgan fingerprint density at radius 2 is 1.73 bits per heavy atom. The third-order valence-electron chi connectivity index (χ3n) is 4.28. The fraction of sp³-hybridized carbons (Fsp3) is 0.250. The Labute approximate surface area is 168 Å². The molecular weight excluding hydrogens is 385 g/mol. The van der Waals surface area contributed by atoms with Crippen LogP contribution in [0.5, 0.6) is 0 Å². The van der Waals surface area contributed by atoms with Crippen LogP contribution in [0.3, 0.4) is 0 Å². The third kappa shape index (κ3) is 4.03. The SMILES string of the molecule is Cc1c(N)c(C(C)C)c(Sc2cc(Cl)cc(Cl)c2)n1Cc1ccncc1. The van der Waals surface area contributed by atoms with Gasteiger partial charge in [-0.15, -0.1) is 0 Å². The number of benzene rings is 1. The number of nitrogens with zero attached hydrogens (tertiary/aromatic N) is 2. The Morgan fingerprint density at radius 3 is 2.31 bits per heavy atom. The molecule has 0 aliphatic rings. The number of nitrogens with two attached hydrogens (primary N) is 1. The van der Waals surface area contributed by atoms with Crippen molar-refractivity contribution in [2.75, 3.05) is 5.73 Å². The highest BCUT2D eigenvalue weighted by Gasteiger charge is 2.22. The molecule has 0 saturated carbocycles. The Morgan fingerprint density at radius 1 is 1.12 bits per heavy atom. The molecule has 2 heterocycles. The van der Waals surface area contributed by atoms with Gasteiger partial charge in [0.25, 0.3) is 0 Å². The number of hydrogen-bond acceptors (Lipinski definition) is 3. The van der Waals surface area contributed by atoms with Crippen molar-refractivity contribution in [1.29, 1.82) is 0 Å². The fourth-order valence-electron chi connectivity index (χ4n) is 2.98. The van der Waals surface area contributed by atoms with E-state index in [1.54, 1.807) is 17.8 Å². The van der Waals surface area contributed by atoms with Crippen molar-refractivity contribution in [2.24, 2.45) is 0 Å². The van der Waals surface area contributed by atoms with E-state index in [9.17, 15) is 0 Å². The number of anilines is 1. The lowest BCUT2D eigenvalue weighted by molar-refractivity contribution is 0.690. The molecular formula is C20H21Cl2N3S. The summed E-state index contributed by atoms with van der Waals surface area (Å²) in [5.41, 5.74) is 10.7. The van der Waals surface area contributed by atoms with Gasteiger partial charge in [-0.2, -0.15) is 0 Å². The second-order valence-electron chi connectivity index (χ2n) is 6.52. The number of halogens is 2. The van der Waals surface area contributed by atoms with Crippen LogP contribution in [0.15, 0.2) is 52.6 Å². The van der Waals surface area contributed by atoms with Crippen molar-refractivity contribution >= 4 is 40.7 Å². The van der Waals surface area contributed by atoms with E-state index < -0.39 is 0 Å². The highest BCUT2D eigenvalue weighted by atomic mass is 35.5. The van der Waals surface area contributed by atoms with E-state index in [1.807, 2.05) is 36.7 Å². The number of rotatable bonds is 5. The molecule has 0 atom stereocenters. The molecule has 3 aromatic rings. The van der Waals surface area contributed by atoms with Crippen LogP contribution < -0.4 is 5.73 Å². The Balaban J connectivity index is 2.10. The fourth-order valence-corrected chi connectivity index (χ4v) is 5.00. The van der Waals surface area contributed by atoms with Gasteiger partial charge in [0.1, 0.15) is 0 Å². The summed E-state index contributed by atoms with van der Waals surface area (Å²) in [7, 11) is 0. The van der Waals surface area contributed by atoms with E-state index in [-0.39, 0.29) is 0 Å². The molecule has 136 valence electrons. The summed E-state index contributed by atoms with van der Waals surface area (Å²) in [6.07, 6.45) is 3.62. The molecule has 2 N–H and O–H groups in total. The zero-order chi connectivity index (χ0) is 18.8. The van der Waals surface area contributed by atoms with Crippen LogP contribution in [0.25, 0.3) is 0 Å². The van der Waals surface area contributed by atoms with Gasteiger partial charge in [-0.05, 0) is 48.7 Å². The Kier molecular flexibility index (Phi) is 5.86. The van der Waals surface area contributed by atoms with E-state index in [1.165, 1.54) is 5.56 Å². The summed E-state index contributed by atoms with van der Waals surface area (Å²) in [5, 5.41) is 2.39. The molecule has 6 heteroatoms. The van der Waals surface area contributed by atoms with Gasteiger partial charge in [0.15, 0.2) is 0 Å². The lowest BCUT2D eigenvalue weighted by Gasteiger charge is -2.14. The monoisotopic (exact) mass is 405 g/mol. The van der Waals surface area contributed by atoms with Crippen molar-refractivity contribution in [3.63, 3.8) is 0 Å². The van der Waals surface area contributed by atoms with Crippen molar-refractivity contribution < 1.29 is 0 Å². The molecule has 3 nitrogen and oxygen atoms in total. The molecule has 0 aliphatic heterocycles. The first-order valence-electron chi connectivity index (χ1n) is 8.38. The van der Waals surface area contributed by atoms with Gasteiger partial charge >= 0.3 is 0 Å². The van der Waals surface area contributed by atoms with Gasteiger partial charge < -0.3 is 10.3 Å². The van der Waals surface area contributed by atoms with Gasteiger partial charge in [0, 0.05) is 45.1 Å². The zero-order valence-electron chi connectivity index (χ0n) is 15.0. The van der Waals surface area contributed by atoms with E-state index in [0.717, 1.165) is 33.4 Å². The average Bonchev–Trinajstić information content (AvgIpc) is 2.79. The predicted octanol–water partition coefficient (Wildman–Crippen LogP) is 6.40. The maximum atomic E-state index is 6.47. The van der Waals surface area contributed by atoms with Crippen molar-refractivity contribution in [2.45, 2.75) is 43.2 Å². The first kappa shape index (κ1) is 19.2. The number of nitrogen functional groups attached to an aromatic ring is 1. The molecule has 0 saturated heterocycles. The van der Waals surface area contributed by atoms with Crippen LogP contribution >= 0.6 is 35.0 Å². The van der Waals surface area contributed by atoms with Crippen LogP contribution in [0.2, 0.25) is 10.0 Å². The summed E-state index contributed by atoms with van der Waals surface area (Å²) in [5.74, 6) is 0.310. The Bertz CT molecular complexity index is 900. The number of hydrogen-bond donors (Lipinski definition) is 1. The van der Waals surface area contributed by atoms with Crippen LogP contribution in [0.4, 0.5) is 5.69 Å². The minimum atomic E-state index is 0.310. The lowest BCUT2D eigenvalue weighted by atomic mass is 10.1. The molecule has 0 bridgehead atoms. The first-order chi connectivity index (χ1) is 12.4. The molecule has 3 rings (SSSR count). The smallest absolute Gasteiger partial charge is 0.0858 e. The Hall–Kier alpha value is -1.62. The minimum Gasteiger partial charge on any atom is -0.397 e. The molecule has 0 amide bonds. The van der Waals surface area contributed by atoms with E-state index in [2.05, 4.69) is 30.3 Å². The van der Waals surface area contributed by atoms with Crippen molar-refractivity contribution in [3.05, 3.63) is 69.6 Å². The first-order valence-corrected chi connectivity index (χ1v) is 9.95. The maximum Gasteiger partial charge on any atom is 0.0858 e. The van der Waals surface area contributed by atoms with Gasteiger partial charge in [0.05, 0.1) is 10.7 Å². The normalized spacial score (nSPS) is 11.3. The summed E-state index contributed by atoms with van der Waals surface area (Å²) in [4.78, 5) is 5.10. The summed E-state index contributed by atoms with van der Waals surface area (Å²) >= 11 is 14.0. The van der Waals surface area contributed by atoms with Crippen LogP contribution in [-0.2, 0) is 6.54 Å². The van der Waals surface area contributed by atoms with Gasteiger partial charge in [-0.3, -0.25) is 4.98 Å². The topological polar surface area (TPSA) is 43.8 Å². The molecule has 0 aliphatic carbocycles. The lowest BCUT2D eigenvalue weighted by Crippen LogP contribution is -2.04. The van der Waals surface area contributed by atoms with Gasteiger partial charge in [0.2, 0.25) is 0 Å². The standard InChI is InChI=1S/C20H21Cl2N3S/c1-12(2)18-19(23)13(3)25(11-14-4-6-24-7-5-14)20(18)26-17-9-15(21)8-16(22)10-17/h4-10,12H,11,23H2,1-3H3. The summed E-state index contributed by atoms with van der Waals surface area (Å²) in [6.45, 7) is 7.13. The maximum absolute atomic E-state index is 6.47. The third-order valence-corrected chi connectivity index (χ3v) is 5.82. The second-order valence-corrected chi connectivity index (χ2v) is 8.46. The van der Waals surface area contributed by atoms with E-state index in [0.29, 0.717) is 16.0 Å². The highest BCUT2D eigenvalue weighted by Crippen LogP contribution is 2.42. The largest absolute Gasteiger partial charge is 0.397 e. The van der Waals surface area contributed by atoms with E-state index in [4.69, 9.17) is 28.9 Å². The van der Waals surface area contributed by atoms with Crippen LogP contribution in [-0.4, -0.2) is 9.55 Å². The minimum absolute atomic E-state index is 0.310. The average molecular weight is 406 g/mol. The number of pyridine rings is 1. The molecule has 2 aromatic heterocycles. The van der Waals surface area contributed by atoms with Crippen molar-refractivity contribution in [1.82, 2.24) is 9.55 Å². The van der Waals surface area contributed by atoms with Crippen molar-refractivity contribution in [3.8, 4) is 0 Å². The summed E-state index contributed by atoms with van der Waals surface area (Å²) < 4.78 is 2.26. The van der Waals surface area contributed by atoms with Crippen LogP contribution in [0.1, 0.15) is 36.6 Å².